The van der Waals surface area contributed by atoms with Crippen LogP contribution in [-0.4, -0.2) is 21.1 Å². The Hall–Kier alpha value is -1.45. The fourth-order valence-electron chi connectivity index (χ4n) is 1.94. The summed E-state index contributed by atoms with van der Waals surface area (Å²) in [6, 6.07) is 10.3. The first-order valence-electron chi connectivity index (χ1n) is 7.55. The molecule has 0 saturated carbocycles. The van der Waals surface area contributed by atoms with Crippen LogP contribution in [0.15, 0.2) is 29.3 Å². The number of para-hydroxylation sites is 1. The molecule has 1 aromatic carbocycles. The van der Waals surface area contributed by atoms with E-state index in [1.54, 1.807) is 18.7 Å². The van der Waals surface area contributed by atoms with E-state index in [-0.39, 0.29) is 17.1 Å². The van der Waals surface area contributed by atoms with E-state index in [9.17, 15) is 10.1 Å². The second-order valence-corrected chi connectivity index (χ2v) is 8.57. The van der Waals surface area contributed by atoms with Gasteiger partial charge < -0.3 is 5.32 Å². The van der Waals surface area contributed by atoms with Gasteiger partial charge in [-0.15, -0.1) is 0 Å². The summed E-state index contributed by atoms with van der Waals surface area (Å²) < 4.78 is 0.898. The number of nitrogens with zero attached hydrogens (tertiary/aromatic N) is 2. The number of carbonyl (C=O) groups excluding carboxylic acids is 1. The van der Waals surface area contributed by atoms with E-state index < -0.39 is 5.54 Å². The lowest BCUT2D eigenvalue weighted by Crippen LogP contribution is -2.51. The van der Waals surface area contributed by atoms with E-state index in [2.05, 4.69) is 22.4 Å². The molecule has 1 aromatic rings. The Morgan fingerprint density at radius 2 is 2.13 bits per heavy atom. The number of amides is 1. The fourth-order valence-corrected chi connectivity index (χ4v) is 4.12. The molecule has 0 saturated heterocycles. The Kier molecular flexibility index (Phi) is 5.77. The quantitative estimate of drug-likeness (QED) is 0.890. The molecule has 0 fully saturated rings. The zero-order valence-electron chi connectivity index (χ0n) is 13.8. The fraction of sp³-hybridized carbons (Fsp3) is 0.471. The van der Waals surface area contributed by atoms with Crippen molar-refractivity contribution in [2.75, 3.05) is 0 Å². The molecule has 1 aliphatic heterocycles. The van der Waals surface area contributed by atoms with Gasteiger partial charge in [-0.05, 0) is 31.4 Å². The van der Waals surface area contributed by atoms with Crippen molar-refractivity contribution >= 4 is 39.5 Å². The molecule has 23 heavy (non-hydrogen) atoms. The number of benzene rings is 1. The molecular formula is C17H21N3OS2. The van der Waals surface area contributed by atoms with Crippen LogP contribution in [0.4, 0.5) is 5.69 Å². The molecule has 0 aliphatic carbocycles. The first-order valence-corrected chi connectivity index (χ1v) is 9.41. The third-order valence-corrected chi connectivity index (χ3v) is 6.27. The van der Waals surface area contributed by atoms with Gasteiger partial charge in [0.15, 0.2) is 0 Å². The van der Waals surface area contributed by atoms with Crippen LogP contribution in [0, 0.1) is 17.2 Å². The predicted molar refractivity (Wildman–Crippen MR) is 98.9 cm³/mol. The summed E-state index contributed by atoms with van der Waals surface area (Å²) in [5.41, 5.74) is 1.35. The molecule has 2 rings (SSSR count). The number of nitriles is 1. The van der Waals surface area contributed by atoms with Crippen LogP contribution in [0.1, 0.15) is 33.3 Å². The number of hydrogen-bond acceptors (Lipinski definition) is 5. The molecule has 0 bridgehead atoms. The maximum atomic E-state index is 12.4. The average Bonchev–Trinajstić information content (AvgIpc) is 2.54. The van der Waals surface area contributed by atoms with Crippen molar-refractivity contribution in [1.29, 1.82) is 5.26 Å². The second-order valence-electron chi connectivity index (χ2n) is 6.01. The van der Waals surface area contributed by atoms with Gasteiger partial charge in [-0.1, -0.05) is 55.6 Å². The van der Waals surface area contributed by atoms with Crippen molar-refractivity contribution in [2.45, 2.75) is 44.2 Å². The number of carbonyl (C=O) groups is 1. The van der Waals surface area contributed by atoms with Gasteiger partial charge in [0.05, 0.1) is 17.0 Å². The van der Waals surface area contributed by atoms with Crippen LogP contribution in [0.5, 0.6) is 0 Å². The Morgan fingerprint density at radius 1 is 1.43 bits per heavy atom. The van der Waals surface area contributed by atoms with E-state index in [1.165, 1.54) is 17.3 Å². The van der Waals surface area contributed by atoms with Crippen LogP contribution in [0.2, 0.25) is 0 Å². The molecule has 1 amide bonds. The Labute approximate surface area is 146 Å². The maximum Gasteiger partial charge on any atom is 0.234 e. The zero-order chi connectivity index (χ0) is 17.0. The molecule has 4 nitrogen and oxygen atoms in total. The number of thioether (sulfide) groups is 2. The normalized spacial score (nSPS) is 17.5. The SMILES string of the molecule is CC(C)[C@@](C)(C#N)NC(=O)[C@H](C)SC1=Nc2ccccc2CS1. The van der Waals surface area contributed by atoms with Gasteiger partial charge in [0.2, 0.25) is 5.91 Å². The molecule has 0 unspecified atom stereocenters. The van der Waals surface area contributed by atoms with Crippen LogP contribution < -0.4 is 5.32 Å². The van der Waals surface area contributed by atoms with Gasteiger partial charge in [-0.3, -0.25) is 4.79 Å². The third-order valence-electron chi connectivity index (χ3n) is 3.97. The lowest BCUT2D eigenvalue weighted by molar-refractivity contribution is -0.121. The zero-order valence-corrected chi connectivity index (χ0v) is 15.4. The number of rotatable bonds is 4. The first kappa shape index (κ1) is 17.9. The van der Waals surface area contributed by atoms with Crippen molar-refractivity contribution in [3.63, 3.8) is 0 Å². The first-order chi connectivity index (χ1) is 10.9. The van der Waals surface area contributed by atoms with Crippen LogP contribution >= 0.6 is 23.5 Å². The highest BCUT2D eigenvalue weighted by molar-refractivity contribution is 8.39. The standard InChI is InChI=1S/C17H21N3OS2/c1-11(2)17(4,10-18)20-15(21)12(3)23-16-19-14-8-6-5-7-13(14)9-22-16/h5-8,11-12H,9H2,1-4H3,(H,20,21)/t12-,17+/m0/s1. The summed E-state index contributed by atoms with van der Waals surface area (Å²) in [4.78, 5) is 17.0. The minimum atomic E-state index is -0.847. The average molecular weight is 348 g/mol. The third kappa shape index (κ3) is 4.30. The summed E-state index contributed by atoms with van der Waals surface area (Å²) in [5, 5.41) is 11.9. The molecule has 1 aliphatic rings. The van der Waals surface area contributed by atoms with Gasteiger partial charge in [0.25, 0.3) is 0 Å². The van der Waals surface area contributed by atoms with E-state index in [0.717, 1.165) is 15.8 Å². The van der Waals surface area contributed by atoms with Gasteiger partial charge in [0, 0.05) is 5.75 Å². The van der Waals surface area contributed by atoms with E-state index in [0.29, 0.717) is 0 Å². The van der Waals surface area contributed by atoms with Crippen LogP contribution in [0.25, 0.3) is 0 Å². The largest absolute Gasteiger partial charge is 0.337 e. The monoisotopic (exact) mass is 347 g/mol. The van der Waals surface area contributed by atoms with Crippen molar-refractivity contribution in [3.8, 4) is 6.07 Å². The van der Waals surface area contributed by atoms with Crippen LogP contribution in [0.3, 0.4) is 0 Å². The minimum absolute atomic E-state index is 0.0434. The van der Waals surface area contributed by atoms with Gasteiger partial charge in [-0.2, -0.15) is 5.26 Å². The lowest BCUT2D eigenvalue weighted by Gasteiger charge is -2.28. The molecular weight excluding hydrogens is 326 g/mol. The van der Waals surface area contributed by atoms with Crippen LogP contribution in [-0.2, 0) is 10.5 Å². The Morgan fingerprint density at radius 3 is 2.78 bits per heavy atom. The summed E-state index contributed by atoms with van der Waals surface area (Å²) in [5.74, 6) is 0.787. The summed E-state index contributed by atoms with van der Waals surface area (Å²) in [6.45, 7) is 7.47. The topological polar surface area (TPSA) is 65.2 Å². The summed E-state index contributed by atoms with van der Waals surface area (Å²) >= 11 is 3.10. The highest BCUT2D eigenvalue weighted by Crippen LogP contribution is 2.35. The molecule has 2 atom stereocenters. The van der Waals surface area contributed by atoms with Crippen molar-refractivity contribution in [2.24, 2.45) is 10.9 Å². The Balaban J connectivity index is 2.03. The second kappa shape index (κ2) is 7.41. The van der Waals surface area contributed by atoms with Crippen molar-refractivity contribution < 1.29 is 4.79 Å². The highest BCUT2D eigenvalue weighted by Gasteiger charge is 2.32. The lowest BCUT2D eigenvalue weighted by atomic mass is 9.90. The highest BCUT2D eigenvalue weighted by atomic mass is 32.2. The van der Waals surface area contributed by atoms with Crippen molar-refractivity contribution in [3.05, 3.63) is 29.8 Å². The van der Waals surface area contributed by atoms with Crippen molar-refractivity contribution in [1.82, 2.24) is 5.32 Å². The molecule has 122 valence electrons. The minimum Gasteiger partial charge on any atom is -0.337 e. The maximum absolute atomic E-state index is 12.4. The summed E-state index contributed by atoms with van der Waals surface area (Å²) in [6.07, 6.45) is 0. The van der Waals surface area contributed by atoms with Gasteiger partial charge >= 0.3 is 0 Å². The number of fused-ring (bicyclic) bond motifs is 1. The molecule has 0 aromatic heterocycles. The number of nitrogens with one attached hydrogen (secondary N) is 1. The van der Waals surface area contributed by atoms with Gasteiger partial charge in [-0.25, -0.2) is 4.99 Å². The number of aliphatic imine (C=N–C) groups is 1. The number of hydrogen-bond donors (Lipinski definition) is 1. The molecule has 0 radical (unpaired) electrons. The Bertz CT molecular complexity index is 666. The van der Waals surface area contributed by atoms with E-state index in [4.69, 9.17) is 0 Å². The summed E-state index contributed by atoms with van der Waals surface area (Å²) in [7, 11) is 0. The molecule has 6 heteroatoms. The molecule has 1 N–H and O–H groups in total. The van der Waals surface area contributed by atoms with E-state index >= 15 is 0 Å². The smallest absolute Gasteiger partial charge is 0.234 e. The molecule has 0 spiro atoms. The predicted octanol–water partition coefficient (Wildman–Crippen LogP) is 4.10. The van der Waals surface area contributed by atoms with E-state index in [1.807, 2.05) is 39.0 Å². The molecule has 1 heterocycles. The van der Waals surface area contributed by atoms with Gasteiger partial charge in [0.1, 0.15) is 9.91 Å².